The molecule has 0 radical (unpaired) electrons. The SMILES string of the molecule is C=C(NC(C)=NC)C1=C(CC)OCC1. The van der Waals surface area contributed by atoms with Gasteiger partial charge in [-0.05, 0) is 6.92 Å². The second-order valence-electron chi connectivity index (χ2n) is 3.27. The molecular weight excluding hydrogens is 176 g/mol. The van der Waals surface area contributed by atoms with Gasteiger partial charge in [0.2, 0.25) is 0 Å². The van der Waals surface area contributed by atoms with Gasteiger partial charge in [0.15, 0.2) is 0 Å². The minimum atomic E-state index is 0.779. The zero-order valence-electron chi connectivity index (χ0n) is 9.18. The fraction of sp³-hybridized carbons (Fsp3) is 0.545. The van der Waals surface area contributed by atoms with Crippen molar-refractivity contribution in [2.75, 3.05) is 13.7 Å². The Morgan fingerprint density at radius 3 is 2.93 bits per heavy atom. The van der Waals surface area contributed by atoms with Crippen LogP contribution in [0.2, 0.25) is 0 Å². The average molecular weight is 194 g/mol. The molecule has 0 atom stereocenters. The van der Waals surface area contributed by atoms with Gasteiger partial charge in [-0.25, -0.2) is 0 Å². The molecule has 0 spiro atoms. The molecule has 0 bridgehead atoms. The lowest BCUT2D eigenvalue weighted by Crippen LogP contribution is -2.20. The number of hydrogen-bond acceptors (Lipinski definition) is 2. The van der Waals surface area contributed by atoms with Gasteiger partial charge in [-0.2, -0.15) is 0 Å². The predicted molar refractivity (Wildman–Crippen MR) is 59.2 cm³/mol. The van der Waals surface area contributed by atoms with Gasteiger partial charge in [0, 0.05) is 31.2 Å². The highest BCUT2D eigenvalue weighted by Crippen LogP contribution is 2.25. The smallest absolute Gasteiger partial charge is 0.101 e. The second kappa shape index (κ2) is 4.84. The predicted octanol–water partition coefficient (Wildman–Crippen LogP) is 2.22. The van der Waals surface area contributed by atoms with Crippen molar-refractivity contribution in [2.45, 2.75) is 26.7 Å². The van der Waals surface area contributed by atoms with Crippen LogP contribution in [-0.4, -0.2) is 19.5 Å². The molecule has 78 valence electrons. The number of ether oxygens (including phenoxy) is 1. The largest absolute Gasteiger partial charge is 0.497 e. The van der Waals surface area contributed by atoms with Crippen molar-refractivity contribution in [3.05, 3.63) is 23.6 Å². The lowest BCUT2D eigenvalue weighted by Gasteiger charge is -2.10. The summed E-state index contributed by atoms with van der Waals surface area (Å²) in [6.07, 6.45) is 1.88. The Morgan fingerprint density at radius 2 is 2.36 bits per heavy atom. The van der Waals surface area contributed by atoms with Gasteiger partial charge in [0.1, 0.15) is 5.76 Å². The first-order valence-corrected chi connectivity index (χ1v) is 4.93. The van der Waals surface area contributed by atoms with Gasteiger partial charge >= 0.3 is 0 Å². The first-order chi connectivity index (χ1) is 6.69. The molecule has 0 unspecified atom stereocenters. The molecule has 0 fully saturated rings. The summed E-state index contributed by atoms with van der Waals surface area (Å²) in [5, 5.41) is 3.15. The lowest BCUT2D eigenvalue weighted by molar-refractivity contribution is 0.237. The summed E-state index contributed by atoms with van der Waals surface area (Å²) in [5.41, 5.74) is 2.12. The molecule has 0 amide bonds. The summed E-state index contributed by atoms with van der Waals surface area (Å²) in [4.78, 5) is 4.03. The molecular formula is C11H18N2O. The third-order valence-corrected chi connectivity index (χ3v) is 2.32. The maximum absolute atomic E-state index is 5.49. The van der Waals surface area contributed by atoms with Crippen LogP contribution in [0.25, 0.3) is 0 Å². The van der Waals surface area contributed by atoms with E-state index in [-0.39, 0.29) is 0 Å². The molecule has 1 aliphatic rings. The molecule has 0 aromatic heterocycles. The van der Waals surface area contributed by atoms with Crippen LogP contribution < -0.4 is 5.32 Å². The number of aliphatic imine (C=N–C) groups is 1. The van der Waals surface area contributed by atoms with Crippen LogP contribution >= 0.6 is 0 Å². The summed E-state index contributed by atoms with van der Waals surface area (Å²) in [6.45, 7) is 8.79. The molecule has 1 heterocycles. The molecule has 14 heavy (non-hydrogen) atoms. The van der Waals surface area contributed by atoms with Crippen molar-refractivity contribution in [1.29, 1.82) is 0 Å². The minimum Gasteiger partial charge on any atom is -0.497 e. The number of nitrogens with one attached hydrogen (secondary N) is 1. The maximum Gasteiger partial charge on any atom is 0.101 e. The Balaban J connectivity index is 2.69. The molecule has 0 saturated carbocycles. The number of hydrogen-bond donors (Lipinski definition) is 1. The maximum atomic E-state index is 5.49. The highest BCUT2D eigenvalue weighted by Gasteiger charge is 2.16. The van der Waals surface area contributed by atoms with E-state index in [1.54, 1.807) is 7.05 Å². The van der Waals surface area contributed by atoms with Crippen LogP contribution in [0.3, 0.4) is 0 Å². The second-order valence-corrected chi connectivity index (χ2v) is 3.27. The standard InChI is InChI=1S/C11H18N2O/c1-5-11-10(6-7-14-11)8(2)13-9(3)12-4/h2,5-7H2,1,3-4H3,(H,12,13). The molecule has 0 aliphatic carbocycles. The van der Waals surface area contributed by atoms with Crippen LogP contribution in [-0.2, 0) is 4.74 Å². The zero-order chi connectivity index (χ0) is 10.6. The summed E-state index contributed by atoms with van der Waals surface area (Å²) in [5.74, 6) is 1.94. The van der Waals surface area contributed by atoms with E-state index in [0.717, 1.165) is 36.7 Å². The molecule has 0 saturated heterocycles. The third-order valence-electron chi connectivity index (χ3n) is 2.32. The van der Waals surface area contributed by atoms with E-state index in [2.05, 4.69) is 23.8 Å². The van der Waals surface area contributed by atoms with Crippen LogP contribution in [0.4, 0.5) is 0 Å². The normalized spacial score (nSPS) is 16.9. The van der Waals surface area contributed by atoms with Crippen LogP contribution in [0.5, 0.6) is 0 Å². The van der Waals surface area contributed by atoms with Crippen molar-refractivity contribution in [1.82, 2.24) is 5.32 Å². The minimum absolute atomic E-state index is 0.779. The summed E-state index contributed by atoms with van der Waals surface area (Å²) in [6, 6.07) is 0. The molecule has 1 rings (SSSR count). The Kier molecular flexibility index (Phi) is 3.74. The highest BCUT2D eigenvalue weighted by atomic mass is 16.5. The van der Waals surface area contributed by atoms with Gasteiger partial charge in [-0.1, -0.05) is 13.5 Å². The van der Waals surface area contributed by atoms with Gasteiger partial charge in [-0.3, -0.25) is 4.99 Å². The molecule has 1 N–H and O–H groups in total. The van der Waals surface area contributed by atoms with Crippen molar-refractivity contribution in [3.8, 4) is 0 Å². The van der Waals surface area contributed by atoms with E-state index in [9.17, 15) is 0 Å². The van der Waals surface area contributed by atoms with Gasteiger partial charge in [0.25, 0.3) is 0 Å². The Labute approximate surface area is 85.6 Å². The Bertz CT molecular complexity index is 290. The van der Waals surface area contributed by atoms with E-state index in [0.29, 0.717) is 0 Å². The third kappa shape index (κ3) is 2.37. The monoisotopic (exact) mass is 194 g/mol. The van der Waals surface area contributed by atoms with Crippen molar-refractivity contribution < 1.29 is 4.74 Å². The molecule has 3 nitrogen and oxygen atoms in total. The van der Waals surface area contributed by atoms with Crippen molar-refractivity contribution in [3.63, 3.8) is 0 Å². The topological polar surface area (TPSA) is 33.6 Å². The number of nitrogens with zero attached hydrogens (tertiary/aromatic N) is 1. The van der Waals surface area contributed by atoms with Crippen LogP contribution in [0.1, 0.15) is 26.7 Å². The highest BCUT2D eigenvalue weighted by molar-refractivity contribution is 5.81. The van der Waals surface area contributed by atoms with Gasteiger partial charge in [0.05, 0.1) is 12.4 Å². The Morgan fingerprint density at radius 1 is 1.64 bits per heavy atom. The fourth-order valence-electron chi connectivity index (χ4n) is 1.49. The van der Waals surface area contributed by atoms with E-state index >= 15 is 0 Å². The number of allylic oxidation sites excluding steroid dienone is 2. The molecule has 1 aliphatic heterocycles. The van der Waals surface area contributed by atoms with E-state index in [4.69, 9.17) is 4.74 Å². The first kappa shape index (κ1) is 10.8. The zero-order valence-corrected chi connectivity index (χ0v) is 9.18. The molecule has 3 heteroatoms. The fourth-order valence-corrected chi connectivity index (χ4v) is 1.49. The summed E-state index contributed by atoms with van der Waals surface area (Å²) >= 11 is 0. The van der Waals surface area contributed by atoms with E-state index in [1.165, 1.54) is 5.57 Å². The van der Waals surface area contributed by atoms with Crippen molar-refractivity contribution >= 4 is 5.84 Å². The summed E-state index contributed by atoms with van der Waals surface area (Å²) < 4.78 is 5.49. The summed E-state index contributed by atoms with van der Waals surface area (Å²) in [7, 11) is 1.76. The molecule has 0 aromatic rings. The molecule has 0 aromatic carbocycles. The Hall–Kier alpha value is -1.25. The van der Waals surface area contributed by atoms with Gasteiger partial charge in [-0.15, -0.1) is 0 Å². The van der Waals surface area contributed by atoms with Crippen LogP contribution in [0.15, 0.2) is 28.6 Å². The quantitative estimate of drug-likeness (QED) is 0.552. The number of amidine groups is 1. The van der Waals surface area contributed by atoms with Crippen LogP contribution in [0, 0.1) is 0 Å². The average Bonchev–Trinajstić information content (AvgIpc) is 2.65. The lowest BCUT2D eigenvalue weighted by atomic mass is 10.1. The van der Waals surface area contributed by atoms with Crippen molar-refractivity contribution in [2.24, 2.45) is 4.99 Å². The van der Waals surface area contributed by atoms with E-state index < -0.39 is 0 Å². The van der Waals surface area contributed by atoms with E-state index in [1.807, 2.05) is 6.92 Å². The first-order valence-electron chi connectivity index (χ1n) is 4.93. The number of rotatable bonds is 3. The van der Waals surface area contributed by atoms with Gasteiger partial charge < -0.3 is 10.1 Å².